The third-order valence-corrected chi connectivity index (χ3v) is 2.82. The van der Waals surface area contributed by atoms with Gasteiger partial charge in [-0.05, 0) is 18.6 Å². The second-order valence-electron chi connectivity index (χ2n) is 4.01. The van der Waals surface area contributed by atoms with E-state index in [0.29, 0.717) is 0 Å². The van der Waals surface area contributed by atoms with Crippen molar-refractivity contribution < 1.29 is 14.3 Å². The molecular formula is C13H15NO3. The van der Waals surface area contributed by atoms with E-state index in [0.717, 1.165) is 28.6 Å². The molecule has 4 nitrogen and oxygen atoms in total. The lowest BCUT2D eigenvalue weighted by atomic mass is 10.1. The van der Waals surface area contributed by atoms with E-state index >= 15 is 0 Å². The van der Waals surface area contributed by atoms with E-state index < -0.39 is 5.97 Å². The van der Waals surface area contributed by atoms with E-state index in [-0.39, 0.29) is 6.54 Å². The average molecular weight is 233 g/mol. The molecule has 0 aliphatic rings. The molecule has 2 rings (SSSR count). The normalized spacial score (nSPS) is 10.7. The summed E-state index contributed by atoms with van der Waals surface area (Å²) in [6.45, 7) is 2.03. The summed E-state index contributed by atoms with van der Waals surface area (Å²) in [7, 11) is 1.77. The summed E-state index contributed by atoms with van der Waals surface area (Å²) >= 11 is 0. The lowest BCUT2D eigenvalue weighted by molar-refractivity contribution is -0.135. The molecular weight excluding hydrogens is 218 g/mol. The number of fused-ring (bicyclic) bond motifs is 1. The van der Waals surface area contributed by atoms with Crippen LogP contribution in [0.1, 0.15) is 12.5 Å². The predicted octanol–water partition coefficient (Wildman–Crippen LogP) is 2.52. The first-order valence-corrected chi connectivity index (χ1v) is 5.55. The van der Waals surface area contributed by atoms with E-state index in [4.69, 9.17) is 9.52 Å². The van der Waals surface area contributed by atoms with Crippen LogP contribution in [0.4, 0.5) is 5.69 Å². The van der Waals surface area contributed by atoms with E-state index in [2.05, 4.69) is 6.92 Å². The largest absolute Gasteiger partial charge is 0.480 e. The van der Waals surface area contributed by atoms with Gasteiger partial charge in [0.2, 0.25) is 0 Å². The number of anilines is 1. The first kappa shape index (κ1) is 11.5. The summed E-state index contributed by atoms with van der Waals surface area (Å²) in [5.74, 6) is -0.842. The molecule has 2 aromatic rings. The van der Waals surface area contributed by atoms with Crippen LogP contribution >= 0.6 is 0 Å². The third-order valence-electron chi connectivity index (χ3n) is 2.82. The van der Waals surface area contributed by atoms with Crippen LogP contribution in [0, 0.1) is 0 Å². The molecule has 0 fully saturated rings. The number of carboxylic acids is 1. The van der Waals surface area contributed by atoms with Gasteiger partial charge < -0.3 is 14.4 Å². The van der Waals surface area contributed by atoms with E-state index in [1.54, 1.807) is 18.2 Å². The van der Waals surface area contributed by atoms with Gasteiger partial charge in [0, 0.05) is 23.7 Å². The van der Waals surface area contributed by atoms with Crippen LogP contribution in [0.3, 0.4) is 0 Å². The van der Waals surface area contributed by atoms with Gasteiger partial charge in [-0.25, -0.2) is 0 Å². The monoisotopic (exact) mass is 233 g/mol. The molecule has 0 unspecified atom stereocenters. The van der Waals surface area contributed by atoms with E-state index in [9.17, 15) is 4.79 Å². The van der Waals surface area contributed by atoms with Crippen molar-refractivity contribution in [3.63, 3.8) is 0 Å². The van der Waals surface area contributed by atoms with E-state index in [1.165, 1.54) is 0 Å². The molecule has 1 aromatic heterocycles. The molecule has 90 valence electrons. The molecule has 1 N–H and O–H groups in total. The number of furan rings is 1. The molecule has 0 spiro atoms. The Morgan fingerprint density at radius 1 is 1.47 bits per heavy atom. The molecule has 17 heavy (non-hydrogen) atoms. The summed E-state index contributed by atoms with van der Waals surface area (Å²) in [6.07, 6.45) is 2.60. The van der Waals surface area contributed by atoms with Gasteiger partial charge in [0.05, 0.1) is 6.26 Å². The molecule has 0 atom stereocenters. The molecule has 1 aromatic carbocycles. The average Bonchev–Trinajstić information content (AvgIpc) is 2.70. The first-order chi connectivity index (χ1) is 8.13. The highest BCUT2D eigenvalue weighted by Gasteiger charge is 2.13. The Bertz CT molecular complexity index is 545. The first-order valence-electron chi connectivity index (χ1n) is 5.55. The molecule has 0 amide bonds. The minimum Gasteiger partial charge on any atom is -0.480 e. The number of carboxylic acid groups (broad SMARTS) is 1. The van der Waals surface area contributed by atoms with Crippen LogP contribution in [-0.4, -0.2) is 24.7 Å². The van der Waals surface area contributed by atoms with Gasteiger partial charge >= 0.3 is 5.97 Å². The Balaban J connectivity index is 2.52. The van der Waals surface area contributed by atoms with Crippen molar-refractivity contribution >= 4 is 22.6 Å². The lowest BCUT2D eigenvalue weighted by Crippen LogP contribution is -2.25. The van der Waals surface area contributed by atoms with Crippen molar-refractivity contribution in [1.82, 2.24) is 0 Å². The summed E-state index contributed by atoms with van der Waals surface area (Å²) in [5, 5.41) is 9.84. The maximum atomic E-state index is 10.7. The Labute approximate surface area is 99.4 Å². The van der Waals surface area contributed by atoms with Crippen molar-refractivity contribution in [2.24, 2.45) is 0 Å². The maximum Gasteiger partial charge on any atom is 0.323 e. The third kappa shape index (κ3) is 2.11. The van der Waals surface area contributed by atoms with Crippen molar-refractivity contribution in [2.75, 3.05) is 18.5 Å². The number of hydrogen-bond acceptors (Lipinski definition) is 3. The maximum absolute atomic E-state index is 10.7. The number of likely N-dealkylation sites (N-methyl/N-ethyl adjacent to an activating group) is 1. The minimum absolute atomic E-state index is 0.0204. The molecule has 1 heterocycles. The van der Waals surface area contributed by atoms with Gasteiger partial charge in [-0.2, -0.15) is 0 Å². The minimum atomic E-state index is -0.842. The van der Waals surface area contributed by atoms with Gasteiger partial charge in [0.1, 0.15) is 12.1 Å². The summed E-state index contributed by atoms with van der Waals surface area (Å²) in [6, 6.07) is 5.69. The molecule has 0 saturated carbocycles. The highest BCUT2D eigenvalue weighted by Crippen LogP contribution is 2.31. The Morgan fingerprint density at radius 3 is 2.88 bits per heavy atom. The van der Waals surface area contributed by atoms with Gasteiger partial charge in [0.15, 0.2) is 0 Å². The topological polar surface area (TPSA) is 53.7 Å². The number of carbonyl (C=O) groups is 1. The zero-order valence-electron chi connectivity index (χ0n) is 9.93. The van der Waals surface area contributed by atoms with E-state index in [1.807, 2.05) is 18.2 Å². The fourth-order valence-electron chi connectivity index (χ4n) is 2.00. The molecule has 0 aliphatic carbocycles. The molecule has 0 aliphatic heterocycles. The zero-order chi connectivity index (χ0) is 12.4. The van der Waals surface area contributed by atoms with Crippen LogP contribution < -0.4 is 4.90 Å². The van der Waals surface area contributed by atoms with Gasteiger partial charge in [-0.3, -0.25) is 4.79 Å². The highest BCUT2D eigenvalue weighted by molar-refractivity contribution is 5.95. The van der Waals surface area contributed by atoms with Gasteiger partial charge in [0.25, 0.3) is 0 Å². The fourth-order valence-corrected chi connectivity index (χ4v) is 2.00. The Kier molecular flexibility index (Phi) is 3.04. The number of benzene rings is 1. The van der Waals surface area contributed by atoms with Gasteiger partial charge in [-0.15, -0.1) is 0 Å². The highest BCUT2D eigenvalue weighted by atomic mass is 16.4. The van der Waals surface area contributed by atoms with Crippen LogP contribution in [0.25, 0.3) is 11.0 Å². The summed E-state index contributed by atoms with van der Waals surface area (Å²) in [4.78, 5) is 12.5. The SMILES string of the molecule is CCc1coc2cccc(N(C)CC(=O)O)c12. The van der Waals surface area contributed by atoms with Crippen LogP contribution in [0.5, 0.6) is 0 Å². The second-order valence-corrected chi connectivity index (χ2v) is 4.01. The number of nitrogens with zero attached hydrogens (tertiary/aromatic N) is 1. The van der Waals surface area contributed by atoms with Crippen molar-refractivity contribution in [1.29, 1.82) is 0 Å². The van der Waals surface area contributed by atoms with Crippen molar-refractivity contribution in [3.05, 3.63) is 30.0 Å². The number of hydrogen-bond donors (Lipinski definition) is 1. The van der Waals surface area contributed by atoms with Crippen molar-refractivity contribution in [2.45, 2.75) is 13.3 Å². The molecule has 0 radical (unpaired) electrons. The smallest absolute Gasteiger partial charge is 0.323 e. The number of aryl methyl sites for hydroxylation is 1. The fraction of sp³-hybridized carbons (Fsp3) is 0.308. The molecule has 4 heteroatoms. The summed E-state index contributed by atoms with van der Waals surface area (Å²) in [5.41, 5.74) is 2.81. The number of rotatable bonds is 4. The van der Waals surface area contributed by atoms with Crippen LogP contribution in [-0.2, 0) is 11.2 Å². The lowest BCUT2D eigenvalue weighted by Gasteiger charge is -2.18. The Hall–Kier alpha value is -1.97. The number of aliphatic carboxylic acids is 1. The van der Waals surface area contributed by atoms with Crippen LogP contribution in [0.2, 0.25) is 0 Å². The molecule has 0 saturated heterocycles. The molecule has 0 bridgehead atoms. The zero-order valence-corrected chi connectivity index (χ0v) is 9.93. The summed E-state index contributed by atoms with van der Waals surface area (Å²) < 4.78 is 5.46. The standard InChI is InChI=1S/C13H15NO3/c1-3-9-8-17-11-6-4-5-10(13(9)11)14(2)7-12(15)16/h4-6,8H,3,7H2,1-2H3,(H,15,16). The Morgan fingerprint density at radius 2 is 2.24 bits per heavy atom. The van der Waals surface area contributed by atoms with Crippen LogP contribution in [0.15, 0.2) is 28.9 Å². The second kappa shape index (κ2) is 4.49. The predicted molar refractivity (Wildman–Crippen MR) is 66.5 cm³/mol. The van der Waals surface area contributed by atoms with Crippen molar-refractivity contribution in [3.8, 4) is 0 Å². The quantitative estimate of drug-likeness (QED) is 0.881. The van der Waals surface area contributed by atoms with Gasteiger partial charge in [-0.1, -0.05) is 13.0 Å².